The molecule has 0 spiro atoms. The minimum Gasteiger partial charge on any atom is -0.478 e. The zero-order valence-corrected chi connectivity index (χ0v) is 7.81. The molecule has 0 saturated heterocycles. The molecule has 0 fully saturated rings. The number of carbonyl (C=O) groups is 1. The summed E-state index contributed by atoms with van der Waals surface area (Å²) in [5, 5.41) is 8.48. The van der Waals surface area contributed by atoms with Crippen LogP contribution in [-0.4, -0.2) is 16.1 Å². The highest BCUT2D eigenvalue weighted by molar-refractivity contribution is 7.71. The minimum absolute atomic E-state index is 0.137. The highest BCUT2D eigenvalue weighted by atomic mass is 32.1. The van der Waals surface area contributed by atoms with Crippen LogP contribution >= 0.6 is 12.2 Å². The first-order valence-corrected chi connectivity index (χ1v) is 4.03. The van der Waals surface area contributed by atoms with Crippen LogP contribution in [0, 0.1) is 4.64 Å². The van der Waals surface area contributed by atoms with Gasteiger partial charge < -0.3 is 10.1 Å². The van der Waals surface area contributed by atoms with Gasteiger partial charge in [-0.1, -0.05) is 26.1 Å². The number of aromatic carboxylic acids is 1. The highest BCUT2D eigenvalue weighted by Crippen LogP contribution is 1.97. The van der Waals surface area contributed by atoms with Gasteiger partial charge in [0.1, 0.15) is 4.64 Å². The molecule has 0 aliphatic heterocycles. The second-order valence-electron chi connectivity index (χ2n) is 1.72. The fourth-order valence-corrected chi connectivity index (χ4v) is 0.813. The number of nitrogens with one attached hydrogen (secondary N) is 1. The van der Waals surface area contributed by atoms with Crippen molar-refractivity contribution in [2.45, 2.75) is 13.8 Å². The van der Waals surface area contributed by atoms with Gasteiger partial charge in [-0.05, 0) is 12.1 Å². The quantitative estimate of drug-likeness (QED) is 0.661. The zero-order valence-electron chi connectivity index (χ0n) is 7.00. The summed E-state index contributed by atoms with van der Waals surface area (Å²) in [6, 6.07) is 3.06. The second kappa shape index (κ2) is 5.49. The van der Waals surface area contributed by atoms with Gasteiger partial charge in [-0.3, -0.25) is 0 Å². The molecular weight excluding hydrogens is 174 g/mol. The van der Waals surface area contributed by atoms with E-state index < -0.39 is 5.97 Å². The molecule has 0 atom stereocenters. The summed E-state index contributed by atoms with van der Waals surface area (Å²) in [7, 11) is 0. The first-order chi connectivity index (χ1) is 5.72. The molecule has 1 heterocycles. The molecule has 4 heteroatoms. The molecule has 1 aromatic heterocycles. The maximum atomic E-state index is 10.3. The molecule has 0 radical (unpaired) electrons. The summed E-state index contributed by atoms with van der Waals surface area (Å²) in [5.41, 5.74) is 0.137. The first kappa shape index (κ1) is 10.8. The third kappa shape index (κ3) is 2.84. The Morgan fingerprint density at radius 3 is 2.50 bits per heavy atom. The summed E-state index contributed by atoms with van der Waals surface area (Å²) in [4.78, 5) is 13.0. The fraction of sp³-hybridized carbons (Fsp3) is 0.250. The van der Waals surface area contributed by atoms with Crippen LogP contribution < -0.4 is 0 Å². The lowest BCUT2D eigenvalue weighted by molar-refractivity contribution is 0.0696. The molecule has 0 unspecified atom stereocenters. The van der Waals surface area contributed by atoms with Gasteiger partial charge >= 0.3 is 5.97 Å². The van der Waals surface area contributed by atoms with Crippen molar-refractivity contribution in [2.75, 3.05) is 0 Å². The standard InChI is InChI=1S/C6H5NO2S.C2H6/c8-6(9)4-2-1-3-7-5(4)10;1-2/h1-3H,(H,7,10)(H,8,9);1-2H3. The number of rotatable bonds is 1. The zero-order chi connectivity index (χ0) is 9.56. The molecule has 2 N–H and O–H groups in total. The van der Waals surface area contributed by atoms with Crippen molar-refractivity contribution in [3.63, 3.8) is 0 Å². The average Bonchev–Trinajstić information content (AvgIpc) is 2.08. The average molecular weight is 185 g/mol. The van der Waals surface area contributed by atoms with Crippen LogP contribution in [0.5, 0.6) is 0 Å². The van der Waals surface area contributed by atoms with Gasteiger partial charge in [0.2, 0.25) is 0 Å². The third-order valence-corrected chi connectivity index (χ3v) is 1.39. The Morgan fingerprint density at radius 1 is 1.58 bits per heavy atom. The first-order valence-electron chi connectivity index (χ1n) is 3.63. The van der Waals surface area contributed by atoms with Crippen LogP contribution in [-0.2, 0) is 0 Å². The van der Waals surface area contributed by atoms with Gasteiger partial charge in [-0.25, -0.2) is 4.79 Å². The summed E-state index contributed by atoms with van der Waals surface area (Å²) in [6.07, 6.45) is 1.59. The maximum Gasteiger partial charge on any atom is 0.338 e. The van der Waals surface area contributed by atoms with E-state index in [2.05, 4.69) is 4.98 Å². The van der Waals surface area contributed by atoms with Gasteiger partial charge in [-0.15, -0.1) is 0 Å². The molecule has 0 bridgehead atoms. The van der Waals surface area contributed by atoms with E-state index in [9.17, 15) is 4.79 Å². The fourth-order valence-electron chi connectivity index (χ4n) is 0.590. The van der Waals surface area contributed by atoms with Crippen molar-refractivity contribution >= 4 is 18.2 Å². The molecule has 0 aromatic carbocycles. The number of carboxylic acid groups (broad SMARTS) is 1. The van der Waals surface area contributed by atoms with Crippen molar-refractivity contribution in [3.05, 3.63) is 28.5 Å². The van der Waals surface area contributed by atoms with E-state index in [-0.39, 0.29) is 10.2 Å². The lowest BCUT2D eigenvalue weighted by Crippen LogP contribution is -1.97. The van der Waals surface area contributed by atoms with E-state index in [4.69, 9.17) is 17.3 Å². The predicted octanol–water partition coefficient (Wildman–Crippen LogP) is 2.47. The molecule has 0 amide bonds. The Labute approximate surface area is 76.1 Å². The topological polar surface area (TPSA) is 53.1 Å². The van der Waals surface area contributed by atoms with Gasteiger partial charge in [0.25, 0.3) is 0 Å². The number of H-pyrrole nitrogens is 1. The number of carboxylic acids is 1. The Bertz CT molecular complexity index is 306. The largest absolute Gasteiger partial charge is 0.478 e. The molecule has 0 aliphatic carbocycles. The van der Waals surface area contributed by atoms with Crippen molar-refractivity contribution in [2.24, 2.45) is 0 Å². The van der Waals surface area contributed by atoms with Crippen LogP contribution in [0.15, 0.2) is 18.3 Å². The third-order valence-electron chi connectivity index (χ3n) is 1.05. The number of pyridine rings is 1. The van der Waals surface area contributed by atoms with Gasteiger partial charge in [0, 0.05) is 6.20 Å². The summed E-state index contributed by atoms with van der Waals surface area (Å²) >= 11 is 4.69. The number of aromatic nitrogens is 1. The number of hydrogen-bond acceptors (Lipinski definition) is 2. The Hall–Kier alpha value is -1.16. The summed E-state index contributed by atoms with van der Waals surface area (Å²) < 4.78 is 0.259. The van der Waals surface area contributed by atoms with Gasteiger partial charge in [-0.2, -0.15) is 0 Å². The van der Waals surface area contributed by atoms with Crippen LogP contribution in [0.4, 0.5) is 0 Å². The van der Waals surface area contributed by atoms with Gasteiger partial charge in [0.05, 0.1) is 5.56 Å². The maximum absolute atomic E-state index is 10.3. The van der Waals surface area contributed by atoms with Crippen LogP contribution in [0.25, 0.3) is 0 Å². The predicted molar refractivity (Wildman–Crippen MR) is 49.9 cm³/mol. The smallest absolute Gasteiger partial charge is 0.338 e. The van der Waals surface area contributed by atoms with Crippen molar-refractivity contribution in [3.8, 4) is 0 Å². The number of aromatic amines is 1. The van der Waals surface area contributed by atoms with E-state index in [0.717, 1.165) is 0 Å². The Morgan fingerprint density at radius 2 is 2.17 bits per heavy atom. The van der Waals surface area contributed by atoms with Crippen LogP contribution in [0.3, 0.4) is 0 Å². The van der Waals surface area contributed by atoms with E-state index in [1.165, 1.54) is 6.07 Å². The molecule has 0 saturated carbocycles. The molecule has 66 valence electrons. The molecule has 1 rings (SSSR count). The molecule has 0 aliphatic rings. The normalized spacial score (nSPS) is 8.17. The van der Waals surface area contributed by atoms with E-state index >= 15 is 0 Å². The molecular formula is C8H11NO2S. The number of hydrogen-bond donors (Lipinski definition) is 2. The van der Waals surface area contributed by atoms with Crippen molar-refractivity contribution in [1.29, 1.82) is 0 Å². The SMILES string of the molecule is CC.O=C(O)c1ccc[nH]c1=S. The van der Waals surface area contributed by atoms with E-state index in [1.54, 1.807) is 12.3 Å². The summed E-state index contributed by atoms with van der Waals surface area (Å²) in [6.45, 7) is 4.00. The van der Waals surface area contributed by atoms with Crippen molar-refractivity contribution in [1.82, 2.24) is 4.98 Å². The van der Waals surface area contributed by atoms with Gasteiger partial charge in [0.15, 0.2) is 0 Å². The Kier molecular flexibility index (Phi) is 4.96. The van der Waals surface area contributed by atoms with Crippen molar-refractivity contribution < 1.29 is 9.90 Å². The lowest BCUT2D eigenvalue weighted by Gasteiger charge is -1.90. The van der Waals surface area contributed by atoms with E-state index in [1.807, 2.05) is 13.8 Å². The van der Waals surface area contributed by atoms with Crippen LogP contribution in [0.2, 0.25) is 0 Å². The molecule has 1 aromatic rings. The van der Waals surface area contributed by atoms with E-state index in [0.29, 0.717) is 0 Å². The molecule has 3 nitrogen and oxygen atoms in total. The second-order valence-corrected chi connectivity index (χ2v) is 2.13. The van der Waals surface area contributed by atoms with Crippen LogP contribution in [0.1, 0.15) is 24.2 Å². The highest BCUT2D eigenvalue weighted by Gasteiger charge is 2.01. The lowest BCUT2D eigenvalue weighted by atomic mass is 10.3. The monoisotopic (exact) mass is 185 g/mol. The minimum atomic E-state index is -0.998. The Balaban J connectivity index is 0.000000561. The molecule has 12 heavy (non-hydrogen) atoms. The summed E-state index contributed by atoms with van der Waals surface area (Å²) in [5.74, 6) is -0.998.